The van der Waals surface area contributed by atoms with Crippen molar-refractivity contribution >= 4 is 11.8 Å². The fourth-order valence-corrected chi connectivity index (χ4v) is 4.94. The average Bonchev–Trinajstić information content (AvgIpc) is 3.19. The van der Waals surface area contributed by atoms with Crippen LogP contribution in [-0.4, -0.2) is 52.1 Å². The van der Waals surface area contributed by atoms with Crippen LogP contribution in [-0.2, 0) is 16.1 Å². The normalized spacial score (nSPS) is 22.6. The Morgan fingerprint density at radius 2 is 1.77 bits per heavy atom. The van der Waals surface area contributed by atoms with Crippen molar-refractivity contribution in [3.8, 4) is 11.1 Å². The number of benzene rings is 2. The second-order valence-corrected chi connectivity index (χ2v) is 8.78. The topological polar surface area (TPSA) is 86.9 Å². The Morgan fingerprint density at radius 3 is 2.45 bits per heavy atom. The summed E-state index contributed by atoms with van der Waals surface area (Å²) in [6, 6.07) is 16.9. The number of nitrogens with zero attached hydrogens (tertiary/aromatic N) is 2. The first-order chi connectivity index (χ1) is 14.9. The molecule has 3 N–H and O–H groups in total. The third-order valence-corrected chi connectivity index (χ3v) is 6.88. The molecular formula is C25H31N3O3. The van der Waals surface area contributed by atoms with Gasteiger partial charge in [0.25, 0.3) is 5.91 Å². The van der Waals surface area contributed by atoms with Crippen molar-refractivity contribution in [1.82, 2.24) is 9.80 Å². The van der Waals surface area contributed by atoms with Gasteiger partial charge in [0.15, 0.2) is 0 Å². The van der Waals surface area contributed by atoms with Gasteiger partial charge in [0.05, 0.1) is 0 Å². The molecule has 2 amide bonds. The van der Waals surface area contributed by atoms with Crippen LogP contribution in [0.3, 0.4) is 0 Å². The van der Waals surface area contributed by atoms with E-state index in [1.807, 2.05) is 6.07 Å². The van der Waals surface area contributed by atoms with Gasteiger partial charge in [0, 0.05) is 25.4 Å². The number of hydrogen-bond acceptors (Lipinski definition) is 4. The van der Waals surface area contributed by atoms with Crippen molar-refractivity contribution in [2.45, 2.75) is 44.9 Å². The number of aliphatic hydroxyl groups is 1. The van der Waals surface area contributed by atoms with E-state index in [-0.39, 0.29) is 18.2 Å². The highest BCUT2D eigenvalue weighted by atomic mass is 16.3. The number of nitrogens with two attached hydrogens (primary N) is 1. The van der Waals surface area contributed by atoms with E-state index < -0.39 is 11.6 Å². The summed E-state index contributed by atoms with van der Waals surface area (Å²) in [7, 11) is 0. The number of amides is 2. The Labute approximate surface area is 183 Å². The van der Waals surface area contributed by atoms with Gasteiger partial charge in [-0.15, -0.1) is 0 Å². The van der Waals surface area contributed by atoms with Crippen molar-refractivity contribution in [2.75, 3.05) is 19.6 Å². The van der Waals surface area contributed by atoms with Crippen molar-refractivity contribution in [3.63, 3.8) is 0 Å². The molecule has 0 radical (unpaired) electrons. The van der Waals surface area contributed by atoms with Crippen LogP contribution < -0.4 is 5.73 Å². The quantitative estimate of drug-likeness (QED) is 0.777. The zero-order valence-electron chi connectivity index (χ0n) is 18.1. The molecule has 2 aliphatic heterocycles. The molecule has 2 fully saturated rings. The molecule has 164 valence electrons. The molecule has 4 rings (SSSR count). The van der Waals surface area contributed by atoms with Gasteiger partial charge in [-0.25, -0.2) is 0 Å². The fourth-order valence-electron chi connectivity index (χ4n) is 4.94. The summed E-state index contributed by atoms with van der Waals surface area (Å²) >= 11 is 0. The molecule has 2 saturated heterocycles. The number of carbonyl (C=O) groups excluding carboxylic acids is 2. The van der Waals surface area contributed by atoms with Gasteiger partial charge >= 0.3 is 0 Å². The Hall–Kier alpha value is -2.70. The summed E-state index contributed by atoms with van der Waals surface area (Å²) in [5.41, 5.74) is 8.62. The Balaban J connectivity index is 1.39. The third kappa shape index (κ3) is 4.23. The summed E-state index contributed by atoms with van der Waals surface area (Å²) in [4.78, 5) is 28.4. The van der Waals surface area contributed by atoms with Crippen molar-refractivity contribution < 1.29 is 14.7 Å². The molecule has 2 aromatic rings. The number of likely N-dealkylation sites (tertiary alicyclic amines) is 2. The Bertz CT molecular complexity index is 954. The number of hydrogen-bond donors (Lipinski definition) is 2. The highest BCUT2D eigenvalue weighted by Crippen LogP contribution is 2.32. The largest absolute Gasteiger partial charge is 0.365 e. The van der Waals surface area contributed by atoms with Gasteiger partial charge in [-0.3, -0.25) is 14.5 Å². The van der Waals surface area contributed by atoms with Crippen LogP contribution in [0.1, 0.15) is 36.8 Å². The smallest absolute Gasteiger partial charge is 0.270 e. The summed E-state index contributed by atoms with van der Waals surface area (Å²) in [6.07, 6.45) is 2.27. The van der Waals surface area contributed by atoms with E-state index in [9.17, 15) is 14.7 Å². The highest BCUT2D eigenvalue weighted by Gasteiger charge is 2.48. The molecule has 0 aromatic heterocycles. The summed E-state index contributed by atoms with van der Waals surface area (Å²) in [6.45, 7) is 5.04. The minimum absolute atomic E-state index is 0.138. The zero-order valence-corrected chi connectivity index (χ0v) is 18.1. The first kappa shape index (κ1) is 21.5. The second kappa shape index (κ2) is 8.81. The molecule has 1 unspecified atom stereocenters. The lowest BCUT2D eigenvalue weighted by Gasteiger charge is -2.37. The van der Waals surface area contributed by atoms with E-state index in [0.29, 0.717) is 13.0 Å². The van der Waals surface area contributed by atoms with Crippen molar-refractivity contribution in [3.05, 3.63) is 59.7 Å². The van der Waals surface area contributed by atoms with E-state index in [2.05, 4.69) is 54.3 Å². The van der Waals surface area contributed by atoms with Crippen LogP contribution >= 0.6 is 0 Å². The molecule has 1 atom stereocenters. The van der Waals surface area contributed by atoms with Crippen LogP contribution in [0.4, 0.5) is 0 Å². The number of primary amides is 1. The predicted octanol–water partition coefficient (Wildman–Crippen LogP) is 2.67. The Kier molecular flexibility index (Phi) is 6.12. The molecule has 0 bridgehead atoms. The van der Waals surface area contributed by atoms with Gasteiger partial charge in [-0.2, -0.15) is 0 Å². The van der Waals surface area contributed by atoms with Crippen LogP contribution in [0.25, 0.3) is 11.1 Å². The average molecular weight is 422 g/mol. The number of rotatable bonds is 5. The molecular weight excluding hydrogens is 390 g/mol. The first-order valence-corrected chi connectivity index (χ1v) is 11.1. The van der Waals surface area contributed by atoms with Crippen molar-refractivity contribution in [2.24, 2.45) is 11.7 Å². The maximum absolute atomic E-state index is 13.0. The third-order valence-electron chi connectivity index (χ3n) is 6.88. The molecule has 0 aliphatic carbocycles. The molecule has 2 aliphatic rings. The van der Waals surface area contributed by atoms with Crippen molar-refractivity contribution in [1.29, 1.82) is 0 Å². The SMILES string of the molecule is Cc1c(CN2CCC(C(=O)N3CCCC3(O)C(N)=O)CC2)cccc1-c1ccccc1. The number of piperidine rings is 1. The Morgan fingerprint density at radius 1 is 1.06 bits per heavy atom. The van der Waals surface area contributed by atoms with Gasteiger partial charge < -0.3 is 15.7 Å². The number of carbonyl (C=O) groups is 2. The van der Waals surface area contributed by atoms with E-state index in [0.717, 1.165) is 32.5 Å². The predicted molar refractivity (Wildman–Crippen MR) is 120 cm³/mol. The maximum atomic E-state index is 13.0. The van der Waals surface area contributed by atoms with Crippen LogP contribution in [0.5, 0.6) is 0 Å². The fraction of sp³-hybridized carbons (Fsp3) is 0.440. The van der Waals surface area contributed by atoms with Gasteiger partial charge in [0.1, 0.15) is 0 Å². The van der Waals surface area contributed by atoms with E-state index in [1.54, 1.807) is 0 Å². The van der Waals surface area contributed by atoms with E-state index >= 15 is 0 Å². The van der Waals surface area contributed by atoms with E-state index in [1.165, 1.54) is 27.2 Å². The maximum Gasteiger partial charge on any atom is 0.270 e. The van der Waals surface area contributed by atoms with Gasteiger partial charge in [-0.05, 0) is 61.5 Å². The molecule has 0 spiro atoms. The van der Waals surface area contributed by atoms with E-state index in [4.69, 9.17) is 5.73 Å². The molecule has 2 aromatic carbocycles. The molecule has 0 saturated carbocycles. The standard InChI is InChI=1S/C25H31N3O3/c1-18-21(9-5-10-22(18)19-7-3-2-4-8-19)17-27-15-11-20(12-16-27)23(29)28-14-6-13-25(28,31)24(26)30/h2-5,7-10,20,31H,6,11-17H2,1H3,(H2,26,30). The lowest BCUT2D eigenvalue weighted by Crippen LogP contribution is -2.57. The molecule has 6 nitrogen and oxygen atoms in total. The highest BCUT2D eigenvalue weighted by molar-refractivity contribution is 5.90. The minimum atomic E-state index is -1.82. The minimum Gasteiger partial charge on any atom is -0.365 e. The molecule has 6 heteroatoms. The first-order valence-electron chi connectivity index (χ1n) is 11.1. The van der Waals surface area contributed by atoms with Gasteiger partial charge in [-0.1, -0.05) is 48.5 Å². The monoisotopic (exact) mass is 421 g/mol. The zero-order chi connectivity index (χ0) is 22.0. The summed E-state index contributed by atoms with van der Waals surface area (Å²) in [5.74, 6) is -1.14. The van der Waals surface area contributed by atoms with Gasteiger partial charge in [0.2, 0.25) is 11.6 Å². The lowest BCUT2D eigenvalue weighted by molar-refractivity contribution is -0.169. The summed E-state index contributed by atoms with van der Waals surface area (Å²) in [5, 5.41) is 10.5. The lowest BCUT2D eigenvalue weighted by atomic mass is 9.93. The molecule has 31 heavy (non-hydrogen) atoms. The van der Waals surface area contributed by atoms with Crippen LogP contribution in [0, 0.1) is 12.8 Å². The summed E-state index contributed by atoms with van der Waals surface area (Å²) < 4.78 is 0. The second-order valence-electron chi connectivity index (χ2n) is 8.78. The van der Waals surface area contributed by atoms with Crippen LogP contribution in [0.2, 0.25) is 0 Å². The molecule has 2 heterocycles. The van der Waals surface area contributed by atoms with Crippen LogP contribution in [0.15, 0.2) is 48.5 Å².